The highest BCUT2D eigenvalue weighted by atomic mass is 32.2. The van der Waals surface area contributed by atoms with Gasteiger partial charge < -0.3 is 4.90 Å². The van der Waals surface area contributed by atoms with Crippen LogP contribution in [0.25, 0.3) is 22.5 Å². The largest absolute Gasteiger partial charge is 0.340 e. The van der Waals surface area contributed by atoms with Crippen molar-refractivity contribution in [2.45, 2.75) is 18.0 Å². The number of nitrogens with zero attached hydrogens (tertiary/aromatic N) is 5. The van der Waals surface area contributed by atoms with Crippen molar-refractivity contribution in [3.8, 4) is 16.4 Å². The zero-order valence-electron chi connectivity index (χ0n) is 20.8. The molecule has 5 rings (SSSR count). The molecule has 8 heteroatoms. The molecule has 1 aliphatic heterocycles. The first-order valence-corrected chi connectivity index (χ1v) is 14.5. The second kappa shape index (κ2) is 12.9. The van der Waals surface area contributed by atoms with Crippen LogP contribution in [0.4, 0.5) is 0 Å². The van der Waals surface area contributed by atoms with E-state index in [0.29, 0.717) is 6.42 Å². The summed E-state index contributed by atoms with van der Waals surface area (Å²) >= 11 is 3.32. The average molecular weight is 530 g/mol. The molecule has 0 bridgehead atoms. The van der Waals surface area contributed by atoms with Gasteiger partial charge in [-0.05, 0) is 35.6 Å². The lowest BCUT2D eigenvalue weighted by Gasteiger charge is -2.34. The van der Waals surface area contributed by atoms with Crippen molar-refractivity contribution < 1.29 is 4.79 Å². The number of amides is 1. The number of piperazine rings is 1. The van der Waals surface area contributed by atoms with E-state index in [-0.39, 0.29) is 5.91 Å². The maximum Gasteiger partial charge on any atom is 0.222 e. The summed E-state index contributed by atoms with van der Waals surface area (Å²) in [6.45, 7) is 4.37. The zero-order valence-corrected chi connectivity index (χ0v) is 22.4. The minimum absolute atomic E-state index is 0.254. The predicted octanol–water partition coefficient (Wildman–Crippen LogP) is 5.73. The fourth-order valence-electron chi connectivity index (χ4n) is 4.37. The Morgan fingerprint density at radius 2 is 1.68 bits per heavy atom. The molecule has 1 aliphatic rings. The highest BCUT2D eigenvalue weighted by Crippen LogP contribution is 2.30. The molecule has 0 N–H and O–H groups in total. The molecule has 3 heterocycles. The van der Waals surface area contributed by atoms with Crippen LogP contribution in [0, 0.1) is 0 Å². The Morgan fingerprint density at radius 1 is 0.919 bits per heavy atom. The van der Waals surface area contributed by atoms with Gasteiger partial charge in [-0.15, -0.1) is 21.5 Å². The highest BCUT2D eigenvalue weighted by molar-refractivity contribution is 7.99. The fourth-order valence-corrected chi connectivity index (χ4v) is 5.95. The highest BCUT2D eigenvalue weighted by Gasteiger charge is 2.21. The number of hydrogen-bond donors (Lipinski definition) is 0. The van der Waals surface area contributed by atoms with Crippen LogP contribution in [-0.4, -0.2) is 68.9 Å². The van der Waals surface area contributed by atoms with E-state index in [4.69, 9.17) is 0 Å². The van der Waals surface area contributed by atoms with E-state index in [1.54, 1.807) is 23.1 Å². The van der Waals surface area contributed by atoms with Crippen LogP contribution in [-0.2, 0) is 4.79 Å². The van der Waals surface area contributed by atoms with Crippen LogP contribution in [0.3, 0.4) is 0 Å². The molecular weight excluding hydrogens is 498 g/mol. The normalized spacial score (nSPS) is 14.4. The number of thiophene rings is 1. The number of aromatic nitrogens is 3. The molecule has 0 saturated carbocycles. The molecule has 2 aromatic carbocycles. The maximum atomic E-state index is 12.8. The van der Waals surface area contributed by atoms with Crippen LogP contribution in [0.5, 0.6) is 0 Å². The molecule has 0 aliphatic carbocycles. The Morgan fingerprint density at radius 3 is 2.41 bits per heavy atom. The van der Waals surface area contributed by atoms with Gasteiger partial charge in [-0.25, -0.2) is 0 Å². The minimum Gasteiger partial charge on any atom is -0.340 e. The van der Waals surface area contributed by atoms with Crippen LogP contribution in [0.2, 0.25) is 0 Å². The van der Waals surface area contributed by atoms with E-state index >= 15 is 0 Å². The van der Waals surface area contributed by atoms with Gasteiger partial charge in [-0.1, -0.05) is 78.5 Å². The van der Waals surface area contributed by atoms with Crippen LogP contribution in [0.15, 0.2) is 89.4 Å². The third-order valence-electron chi connectivity index (χ3n) is 6.35. The summed E-state index contributed by atoms with van der Waals surface area (Å²) in [5.41, 5.74) is 2.27. The van der Waals surface area contributed by atoms with E-state index in [0.717, 1.165) is 66.4 Å². The number of rotatable bonds is 10. The van der Waals surface area contributed by atoms with Gasteiger partial charge in [0.05, 0.1) is 4.88 Å². The molecule has 0 radical (unpaired) electrons. The number of benzene rings is 2. The Labute approximate surface area is 226 Å². The lowest BCUT2D eigenvalue weighted by atomic mass is 10.2. The van der Waals surface area contributed by atoms with Gasteiger partial charge >= 0.3 is 0 Å². The second-order valence-corrected chi connectivity index (χ2v) is 10.9. The van der Waals surface area contributed by atoms with Gasteiger partial charge in [-0.2, -0.15) is 0 Å². The Hall–Kier alpha value is -3.20. The SMILES string of the molecule is O=C(CCCSc1nnc(-c2cccs2)n1-c1ccccc1)N1CCN(CC=Cc2ccccc2)CC1. The minimum atomic E-state index is 0.254. The molecule has 190 valence electrons. The summed E-state index contributed by atoms with van der Waals surface area (Å²) < 4.78 is 2.11. The summed E-state index contributed by atoms with van der Waals surface area (Å²) in [4.78, 5) is 18.3. The van der Waals surface area contributed by atoms with E-state index < -0.39 is 0 Å². The van der Waals surface area contributed by atoms with E-state index in [1.807, 2.05) is 35.2 Å². The van der Waals surface area contributed by atoms with Crippen LogP contribution < -0.4 is 0 Å². The fraction of sp³-hybridized carbons (Fsp3) is 0.276. The smallest absolute Gasteiger partial charge is 0.222 e. The van der Waals surface area contributed by atoms with Crippen molar-refractivity contribution in [3.63, 3.8) is 0 Å². The van der Waals surface area contributed by atoms with E-state index in [9.17, 15) is 4.79 Å². The average Bonchev–Trinajstić information content (AvgIpc) is 3.63. The molecule has 0 spiro atoms. The number of para-hydroxylation sites is 1. The predicted molar refractivity (Wildman–Crippen MR) is 153 cm³/mol. The van der Waals surface area contributed by atoms with Crippen molar-refractivity contribution in [2.24, 2.45) is 0 Å². The maximum absolute atomic E-state index is 12.8. The van der Waals surface area contributed by atoms with Crippen molar-refractivity contribution in [2.75, 3.05) is 38.5 Å². The van der Waals surface area contributed by atoms with Gasteiger partial charge in [0, 0.05) is 50.6 Å². The lowest BCUT2D eigenvalue weighted by molar-refractivity contribution is -0.132. The van der Waals surface area contributed by atoms with Crippen LogP contribution in [0.1, 0.15) is 18.4 Å². The Balaban J connectivity index is 1.08. The third kappa shape index (κ3) is 6.77. The van der Waals surface area contributed by atoms with Gasteiger partial charge in [0.2, 0.25) is 5.91 Å². The molecule has 4 aromatic rings. The van der Waals surface area contributed by atoms with E-state index in [1.165, 1.54) is 5.56 Å². The quantitative estimate of drug-likeness (QED) is 0.194. The van der Waals surface area contributed by atoms with Crippen molar-refractivity contribution in [1.82, 2.24) is 24.6 Å². The van der Waals surface area contributed by atoms with Crippen LogP contribution >= 0.6 is 23.1 Å². The van der Waals surface area contributed by atoms with Crippen molar-refractivity contribution in [3.05, 3.63) is 89.8 Å². The monoisotopic (exact) mass is 529 g/mol. The topological polar surface area (TPSA) is 54.3 Å². The number of thioether (sulfide) groups is 1. The van der Waals surface area contributed by atoms with E-state index in [2.05, 4.69) is 79.7 Å². The van der Waals surface area contributed by atoms with Gasteiger partial charge in [-0.3, -0.25) is 14.3 Å². The van der Waals surface area contributed by atoms with Crippen molar-refractivity contribution >= 4 is 35.1 Å². The third-order valence-corrected chi connectivity index (χ3v) is 8.23. The second-order valence-electron chi connectivity index (χ2n) is 8.90. The first-order chi connectivity index (χ1) is 18.3. The summed E-state index contributed by atoms with van der Waals surface area (Å²) in [6.07, 6.45) is 5.76. The molecule has 0 unspecified atom stereocenters. The summed E-state index contributed by atoms with van der Waals surface area (Å²) in [6, 6.07) is 24.7. The Bertz CT molecular complexity index is 1280. The van der Waals surface area contributed by atoms with Gasteiger partial charge in [0.15, 0.2) is 11.0 Å². The molecule has 6 nitrogen and oxygen atoms in total. The first-order valence-electron chi connectivity index (χ1n) is 12.7. The van der Waals surface area contributed by atoms with Gasteiger partial charge in [0.1, 0.15) is 0 Å². The van der Waals surface area contributed by atoms with Gasteiger partial charge in [0.25, 0.3) is 0 Å². The number of hydrogen-bond acceptors (Lipinski definition) is 6. The molecule has 1 amide bonds. The first kappa shape index (κ1) is 25.4. The number of carbonyl (C=O) groups excluding carboxylic acids is 1. The summed E-state index contributed by atoms with van der Waals surface area (Å²) in [7, 11) is 0. The molecule has 0 atom stereocenters. The molecule has 1 fully saturated rings. The summed E-state index contributed by atoms with van der Waals surface area (Å²) in [5, 5.41) is 11.9. The molecule has 2 aromatic heterocycles. The molecule has 1 saturated heterocycles. The summed E-state index contributed by atoms with van der Waals surface area (Å²) in [5.74, 6) is 1.94. The Kier molecular flexibility index (Phi) is 8.84. The van der Waals surface area contributed by atoms with Crippen molar-refractivity contribution in [1.29, 1.82) is 0 Å². The lowest BCUT2D eigenvalue weighted by Crippen LogP contribution is -2.48. The zero-order chi connectivity index (χ0) is 25.3. The molecule has 37 heavy (non-hydrogen) atoms. The standard InChI is InChI=1S/C29H31N5OS2/c35-27(33-20-18-32(19-21-33)17-7-12-24-10-3-1-4-11-24)16-9-23-37-29-31-30-28(26-15-8-22-36-26)34(29)25-13-5-2-6-14-25/h1-8,10-15,22H,9,16-21,23H2. The number of carbonyl (C=O) groups is 1. The molecular formula is C29H31N5OS2.